The molecule has 4 nitrogen and oxygen atoms in total. The Kier molecular flexibility index (Phi) is 5.04. The number of aliphatic hydroxyl groups excluding tert-OH is 1. The van der Waals surface area contributed by atoms with Crippen LogP contribution in [-0.2, 0) is 6.61 Å². The van der Waals surface area contributed by atoms with Crippen LogP contribution in [0.15, 0.2) is 95.4 Å². The number of furan rings is 1. The second-order valence-corrected chi connectivity index (χ2v) is 6.40. The van der Waals surface area contributed by atoms with Crippen LogP contribution in [-0.4, -0.2) is 11.0 Å². The van der Waals surface area contributed by atoms with Crippen molar-refractivity contribution >= 4 is 11.6 Å². The molecular formula is C24H19NO3. The third kappa shape index (κ3) is 3.87. The topological polar surface area (TPSA) is 62.5 Å². The second-order valence-electron chi connectivity index (χ2n) is 6.40. The molecule has 138 valence electrons. The van der Waals surface area contributed by atoms with Gasteiger partial charge in [-0.05, 0) is 59.7 Å². The first-order valence-corrected chi connectivity index (χ1v) is 9.00. The van der Waals surface area contributed by atoms with Crippen molar-refractivity contribution in [2.75, 3.05) is 5.32 Å². The molecule has 0 radical (unpaired) electrons. The van der Waals surface area contributed by atoms with Gasteiger partial charge in [0.1, 0.15) is 18.1 Å². The number of rotatable bonds is 5. The van der Waals surface area contributed by atoms with Crippen LogP contribution in [0.4, 0.5) is 5.69 Å². The average molecular weight is 369 g/mol. The van der Waals surface area contributed by atoms with Gasteiger partial charge in [0.05, 0.1) is 0 Å². The highest BCUT2D eigenvalue weighted by atomic mass is 16.4. The molecule has 0 saturated carbocycles. The van der Waals surface area contributed by atoms with Crippen LogP contribution in [0.5, 0.6) is 0 Å². The minimum absolute atomic E-state index is 0.128. The average Bonchev–Trinajstić information content (AvgIpc) is 3.24. The van der Waals surface area contributed by atoms with Gasteiger partial charge >= 0.3 is 0 Å². The number of hydrogen-bond acceptors (Lipinski definition) is 3. The van der Waals surface area contributed by atoms with E-state index >= 15 is 0 Å². The van der Waals surface area contributed by atoms with Crippen LogP contribution in [0.3, 0.4) is 0 Å². The Morgan fingerprint density at radius 3 is 2.04 bits per heavy atom. The standard InChI is InChI=1S/C24H19NO3/c26-16-22-14-15-23(28-22)19-10-12-21(13-11-19)25-24(27)20-8-6-18(7-9-20)17-4-2-1-3-5-17/h1-15,26H,16H2,(H,25,27). The van der Waals surface area contributed by atoms with Crippen molar-refractivity contribution in [2.45, 2.75) is 6.61 Å². The molecule has 1 heterocycles. The quantitative estimate of drug-likeness (QED) is 0.498. The summed E-state index contributed by atoms with van der Waals surface area (Å²) in [6.45, 7) is -0.128. The van der Waals surface area contributed by atoms with E-state index in [0.717, 1.165) is 16.7 Å². The lowest BCUT2D eigenvalue weighted by Gasteiger charge is -2.07. The highest BCUT2D eigenvalue weighted by molar-refractivity contribution is 6.04. The monoisotopic (exact) mass is 369 g/mol. The van der Waals surface area contributed by atoms with Crippen molar-refractivity contribution in [3.05, 3.63) is 102 Å². The van der Waals surface area contributed by atoms with E-state index in [2.05, 4.69) is 5.32 Å². The fourth-order valence-electron chi connectivity index (χ4n) is 2.98. The van der Waals surface area contributed by atoms with Gasteiger partial charge in [-0.3, -0.25) is 4.79 Å². The van der Waals surface area contributed by atoms with E-state index in [-0.39, 0.29) is 12.5 Å². The summed E-state index contributed by atoms with van der Waals surface area (Å²) in [4.78, 5) is 12.5. The number of aliphatic hydroxyl groups is 1. The number of carbonyl (C=O) groups is 1. The minimum Gasteiger partial charge on any atom is -0.459 e. The minimum atomic E-state index is -0.159. The lowest BCUT2D eigenvalue weighted by atomic mass is 10.0. The maximum atomic E-state index is 12.5. The number of carbonyl (C=O) groups excluding carboxylic acids is 1. The van der Waals surface area contributed by atoms with Gasteiger partial charge in [-0.15, -0.1) is 0 Å². The maximum absolute atomic E-state index is 12.5. The number of nitrogens with one attached hydrogen (secondary N) is 1. The van der Waals surface area contributed by atoms with Crippen LogP contribution in [0.25, 0.3) is 22.5 Å². The number of benzene rings is 3. The van der Waals surface area contributed by atoms with Crippen LogP contribution in [0, 0.1) is 0 Å². The Labute approximate surface area is 163 Å². The Balaban J connectivity index is 1.44. The predicted molar refractivity (Wildman–Crippen MR) is 110 cm³/mol. The number of hydrogen-bond donors (Lipinski definition) is 2. The number of anilines is 1. The molecule has 4 heteroatoms. The van der Waals surface area contributed by atoms with Gasteiger partial charge in [-0.25, -0.2) is 0 Å². The summed E-state index contributed by atoms with van der Waals surface area (Å²) < 4.78 is 5.52. The van der Waals surface area contributed by atoms with Crippen molar-refractivity contribution in [3.8, 4) is 22.5 Å². The molecule has 4 rings (SSSR count). The summed E-state index contributed by atoms with van der Waals surface area (Å²) in [5.74, 6) is 1.04. The zero-order valence-electron chi connectivity index (χ0n) is 15.1. The van der Waals surface area contributed by atoms with Gasteiger partial charge in [-0.2, -0.15) is 0 Å². The molecular weight excluding hydrogens is 350 g/mol. The number of amides is 1. The molecule has 4 aromatic rings. The smallest absolute Gasteiger partial charge is 0.255 e. The van der Waals surface area contributed by atoms with Crippen LogP contribution in [0.1, 0.15) is 16.1 Å². The largest absolute Gasteiger partial charge is 0.459 e. The summed E-state index contributed by atoms with van der Waals surface area (Å²) >= 11 is 0. The van der Waals surface area contributed by atoms with Crippen molar-refractivity contribution in [1.29, 1.82) is 0 Å². The summed E-state index contributed by atoms with van der Waals surface area (Å²) in [5, 5.41) is 12.0. The Hall–Kier alpha value is -3.63. The zero-order chi connectivity index (χ0) is 19.3. The Morgan fingerprint density at radius 1 is 0.750 bits per heavy atom. The van der Waals surface area contributed by atoms with E-state index in [1.807, 2.05) is 84.9 Å². The first-order valence-electron chi connectivity index (χ1n) is 9.00. The normalized spacial score (nSPS) is 10.6. The van der Waals surface area contributed by atoms with Crippen LogP contribution >= 0.6 is 0 Å². The van der Waals surface area contributed by atoms with Crippen molar-refractivity contribution in [2.24, 2.45) is 0 Å². The molecule has 0 saturated heterocycles. The maximum Gasteiger partial charge on any atom is 0.255 e. The van der Waals surface area contributed by atoms with Crippen molar-refractivity contribution < 1.29 is 14.3 Å². The molecule has 0 spiro atoms. The molecule has 3 aromatic carbocycles. The SMILES string of the molecule is O=C(Nc1ccc(-c2ccc(CO)o2)cc1)c1ccc(-c2ccccc2)cc1. The van der Waals surface area contributed by atoms with Crippen molar-refractivity contribution in [3.63, 3.8) is 0 Å². The third-order valence-electron chi connectivity index (χ3n) is 4.50. The molecule has 0 aliphatic heterocycles. The van der Waals surface area contributed by atoms with Crippen molar-refractivity contribution in [1.82, 2.24) is 0 Å². The van der Waals surface area contributed by atoms with E-state index in [0.29, 0.717) is 22.8 Å². The molecule has 0 unspecified atom stereocenters. The Morgan fingerprint density at radius 2 is 1.39 bits per heavy atom. The van der Waals surface area contributed by atoms with Gasteiger partial charge in [0.25, 0.3) is 5.91 Å². The molecule has 2 N–H and O–H groups in total. The molecule has 28 heavy (non-hydrogen) atoms. The van der Waals surface area contributed by atoms with Gasteiger partial charge in [-0.1, -0.05) is 42.5 Å². The summed E-state index contributed by atoms with van der Waals surface area (Å²) in [6, 6.07) is 28.5. The first kappa shape index (κ1) is 17.8. The molecule has 1 amide bonds. The van der Waals surface area contributed by atoms with Gasteiger partial charge in [0, 0.05) is 16.8 Å². The van der Waals surface area contributed by atoms with E-state index in [1.165, 1.54) is 0 Å². The first-order chi connectivity index (χ1) is 13.7. The van der Waals surface area contributed by atoms with E-state index in [4.69, 9.17) is 9.52 Å². The van der Waals surface area contributed by atoms with Gasteiger partial charge < -0.3 is 14.8 Å². The summed E-state index contributed by atoms with van der Waals surface area (Å²) in [7, 11) is 0. The fourth-order valence-corrected chi connectivity index (χ4v) is 2.98. The molecule has 0 atom stereocenters. The highest BCUT2D eigenvalue weighted by Gasteiger charge is 2.08. The van der Waals surface area contributed by atoms with E-state index in [9.17, 15) is 4.79 Å². The molecule has 0 aliphatic rings. The molecule has 0 fully saturated rings. The van der Waals surface area contributed by atoms with Gasteiger partial charge in [0.2, 0.25) is 0 Å². The molecule has 1 aromatic heterocycles. The molecule has 0 aliphatic carbocycles. The zero-order valence-corrected chi connectivity index (χ0v) is 15.1. The van der Waals surface area contributed by atoms with E-state index < -0.39 is 0 Å². The second kappa shape index (κ2) is 7.94. The summed E-state index contributed by atoms with van der Waals surface area (Å²) in [5.41, 5.74) is 4.37. The van der Waals surface area contributed by atoms with Gasteiger partial charge in [0.15, 0.2) is 0 Å². The lowest BCUT2D eigenvalue weighted by Crippen LogP contribution is -2.11. The summed E-state index contributed by atoms with van der Waals surface area (Å²) in [6.07, 6.45) is 0. The predicted octanol–water partition coefficient (Wildman–Crippen LogP) is 5.36. The lowest BCUT2D eigenvalue weighted by molar-refractivity contribution is 0.102. The van der Waals surface area contributed by atoms with Crippen LogP contribution < -0.4 is 5.32 Å². The van der Waals surface area contributed by atoms with E-state index in [1.54, 1.807) is 6.07 Å². The highest BCUT2D eigenvalue weighted by Crippen LogP contribution is 2.24. The Bertz CT molecular complexity index is 1070. The third-order valence-corrected chi connectivity index (χ3v) is 4.50. The van der Waals surface area contributed by atoms with Crippen LogP contribution in [0.2, 0.25) is 0 Å². The fraction of sp³-hybridized carbons (Fsp3) is 0.0417. The molecule has 0 bridgehead atoms.